The molecule has 0 bridgehead atoms. The zero-order valence-corrected chi connectivity index (χ0v) is 16.7. The first-order chi connectivity index (χ1) is 11.9. The summed E-state index contributed by atoms with van der Waals surface area (Å²) in [5.41, 5.74) is 1.67. The molecule has 0 saturated heterocycles. The molecule has 0 aliphatic rings. The van der Waals surface area contributed by atoms with Gasteiger partial charge in [-0.1, -0.05) is 35.4 Å². The van der Waals surface area contributed by atoms with Gasteiger partial charge in [0.15, 0.2) is 0 Å². The lowest BCUT2D eigenvalue weighted by atomic mass is 10.00. The minimum atomic E-state index is -0.790. The average molecular weight is 379 g/mol. The molecule has 0 saturated carbocycles. The van der Waals surface area contributed by atoms with Crippen molar-refractivity contribution in [3.05, 3.63) is 59.7 Å². The molecule has 3 nitrogen and oxygen atoms in total. The predicted octanol–water partition coefficient (Wildman–Crippen LogP) is 5.58. The molecule has 0 aromatic heterocycles. The van der Waals surface area contributed by atoms with Gasteiger partial charge < -0.3 is 13.5 Å². The Labute approximate surface area is 159 Å². The monoisotopic (exact) mass is 378 g/mol. The van der Waals surface area contributed by atoms with Gasteiger partial charge in [0, 0.05) is 46.7 Å². The average Bonchev–Trinajstić information content (AvgIpc) is 2.59. The summed E-state index contributed by atoms with van der Waals surface area (Å²) in [7, 11) is 0. The Bertz CT molecular complexity index is 569. The van der Waals surface area contributed by atoms with Gasteiger partial charge in [0.25, 0.3) is 0 Å². The summed E-state index contributed by atoms with van der Waals surface area (Å²) >= 11 is 2.70. The zero-order chi connectivity index (χ0) is 18.1. The molecule has 0 aliphatic carbocycles. The number of hydrogen-bond acceptors (Lipinski definition) is 5. The third-order valence-electron chi connectivity index (χ3n) is 3.80. The summed E-state index contributed by atoms with van der Waals surface area (Å²) in [6.45, 7) is 6.94. The summed E-state index contributed by atoms with van der Waals surface area (Å²) in [5.74, 6) is 0. The number of aryl methyl sites for hydroxylation is 2. The molecule has 0 atom stereocenters. The van der Waals surface area contributed by atoms with Crippen LogP contribution in [0.1, 0.15) is 30.9 Å². The van der Waals surface area contributed by atoms with E-state index in [4.69, 9.17) is 8.37 Å². The lowest BCUT2D eigenvalue weighted by Crippen LogP contribution is -2.27. The van der Waals surface area contributed by atoms with Crippen molar-refractivity contribution in [1.29, 1.82) is 0 Å². The van der Waals surface area contributed by atoms with E-state index in [0.717, 1.165) is 9.79 Å². The van der Waals surface area contributed by atoms with Gasteiger partial charge in [-0.05, 0) is 45.0 Å². The SMILES string of the molecule is Cc1ccc(SOCCC(C)(O)CCOSc2ccc(C)cc2)cc1. The predicted molar refractivity (Wildman–Crippen MR) is 106 cm³/mol. The number of benzene rings is 2. The zero-order valence-electron chi connectivity index (χ0n) is 15.0. The molecule has 5 heteroatoms. The molecule has 2 rings (SSSR count). The van der Waals surface area contributed by atoms with E-state index in [1.807, 2.05) is 31.2 Å². The summed E-state index contributed by atoms with van der Waals surface area (Å²) in [4.78, 5) is 2.14. The van der Waals surface area contributed by atoms with Crippen molar-refractivity contribution < 1.29 is 13.5 Å². The quantitative estimate of drug-likeness (QED) is 0.431. The molecule has 2 aromatic rings. The summed E-state index contributed by atoms with van der Waals surface area (Å²) < 4.78 is 11.2. The molecule has 0 heterocycles. The Balaban J connectivity index is 1.59. The standard InChI is InChI=1S/C20H26O3S2/c1-16-4-8-18(9-5-16)24-22-14-12-20(3,21)13-15-23-25-19-10-6-17(2)7-11-19/h4-11,21H,12-15H2,1-3H3. The molecule has 25 heavy (non-hydrogen) atoms. The molecule has 1 N–H and O–H groups in total. The van der Waals surface area contributed by atoms with E-state index < -0.39 is 5.60 Å². The Morgan fingerprint density at radius 1 is 0.760 bits per heavy atom. The molecule has 136 valence electrons. The second kappa shape index (κ2) is 10.2. The maximum absolute atomic E-state index is 10.4. The Morgan fingerprint density at radius 3 is 1.48 bits per heavy atom. The smallest absolute Gasteiger partial charge is 0.0664 e. The molecule has 0 radical (unpaired) electrons. The minimum Gasteiger partial charge on any atom is -0.390 e. The van der Waals surface area contributed by atoms with E-state index >= 15 is 0 Å². The molecule has 0 amide bonds. The van der Waals surface area contributed by atoms with Gasteiger partial charge in [-0.25, -0.2) is 0 Å². The largest absolute Gasteiger partial charge is 0.390 e. The van der Waals surface area contributed by atoms with Crippen molar-refractivity contribution in [3.63, 3.8) is 0 Å². The van der Waals surface area contributed by atoms with Crippen LogP contribution in [0.25, 0.3) is 0 Å². The van der Waals surface area contributed by atoms with E-state index in [1.165, 1.54) is 35.2 Å². The van der Waals surface area contributed by atoms with Gasteiger partial charge in [-0.2, -0.15) is 0 Å². The van der Waals surface area contributed by atoms with Crippen LogP contribution in [0.3, 0.4) is 0 Å². The molecule has 0 unspecified atom stereocenters. The van der Waals surface area contributed by atoms with Crippen LogP contribution >= 0.6 is 24.1 Å². The second-order valence-electron chi connectivity index (χ2n) is 6.43. The first-order valence-electron chi connectivity index (χ1n) is 8.39. The first kappa shape index (κ1) is 20.3. The van der Waals surface area contributed by atoms with Crippen LogP contribution in [0, 0.1) is 13.8 Å². The van der Waals surface area contributed by atoms with Gasteiger partial charge in [0.05, 0.1) is 18.8 Å². The number of hydrogen-bond donors (Lipinski definition) is 1. The highest BCUT2D eigenvalue weighted by Crippen LogP contribution is 2.24. The van der Waals surface area contributed by atoms with E-state index in [-0.39, 0.29) is 0 Å². The van der Waals surface area contributed by atoms with Crippen molar-refractivity contribution >= 4 is 24.1 Å². The van der Waals surface area contributed by atoms with Crippen LogP contribution in [0.5, 0.6) is 0 Å². The lowest BCUT2D eigenvalue weighted by Gasteiger charge is -2.22. The van der Waals surface area contributed by atoms with Crippen molar-refractivity contribution in [2.24, 2.45) is 0 Å². The molecule has 0 aliphatic heterocycles. The number of aliphatic hydroxyl groups is 1. The first-order valence-corrected chi connectivity index (χ1v) is 9.88. The number of rotatable bonds is 10. The maximum atomic E-state index is 10.4. The van der Waals surface area contributed by atoms with Crippen LogP contribution in [0.2, 0.25) is 0 Å². The molecule has 0 fully saturated rings. The summed E-state index contributed by atoms with van der Waals surface area (Å²) in [6.07, 6.45) is 1.15. The molecule has 2 aromatic carbocycles. The Morgan fingerprint density at radius 2 is 1.12 bits per heavy atom. The Kier molecular flexibility index (Phi) is 8.33. The third kappa shape index (κ3) is 8.29. The molecule has 0 spiro atoms. The molecular weight excluding hydrogens is 352 g/mol. The van der Waals surface area contributed by atoms with E-state index in [9.17, 15) is 5.11 Å². The van der Waals surface area contributed by atoms with Crippen LogP contribution in [0.4, 0.5) is 0 Å². The van der Waals surface area contributed by atoms with Gasteiger partial charge >= 0.3 is 0 Å². The van der Waals surface area contributed by atoms with E-state index in [1.54, 1.807) is 0 Å². The van der Waals surface area contributed by atoms with Crippen molar-refractivity contribution in [2.45, 2.75) is 49.0 Å². The summed E-state index contributed by atoms with van der Waals surface area (Å²) in [6, 6.07) is 16.4. The highest BCUT2D eigenvalue weighted by Gasteiger charge is 2.20. The fourth-order valence-corrected chi connectivity index (χ4v) is 3.16. The summed E-state index contributed by atoms with van der Waals surface area (Å²) in [5, 5.41) is 10.4. The topological polar surface area (TPSA) is 38.7 Å². The highest BCUT2D eigenvalue weighted by atomic mass is 32.2. The minimum absolute atomic E-state index is 0.497. The van der Waals surface area contributed by atoms with Gasteiger partial charge in [0.2, 0.25) is 0 Å². The van der Waals surface area contributed by atoms with Crippen LogP contribution in [-0.2, 0) is 8.37 Å². The maximum Gasteiger partial charge on any atom is 0.0664 e. The second-order valence-corrected chi connectivity index (χ2v) is 8.18. The third-order valence-corrected chi connectivity index (χ3v) is 5.30. The van der Waals surface area contributed by atoms with Crippen molar-refractivity contribution in [3.8, 4) is 0 Å². The van der Waals surface area contributed by atoms with Crippen LogP contribution in [0.15, 0.2) is 58.3 Å². The molecular formula is C20H26O3S2. The van der Waals surface area contributed by atoms with Crippen molar-refractivity contribution in [1.82, 2.24) is 0 Å². The van der Waals surface area contributed by atoms with Crippen LogP contribution in [-0.4, -0.2) is 23.9 Å². The van der Waals surface area contributed by atoms with E-state index in [0.29, 0.717) is 26.1 Å². The van der Waals surface area contributed by atoms with Gasteiger partial charge in [-0.15, -0.1) is 0 Å². The Hall–Kier alpha value is -0.980. The highest BCUT2D eigenvalue weighted by molar-refractivity contribution is 7.94. The van der Waals surface area contributed by atoms with Crippen LogP contribution < -0.4 is 0 Å². The fraction of sp³-hybridized carbons (Fsp3) is 0.400. The fourth-order valence-electron chi connectivity index (χ4n) is 2.06. The normalized spacial score (nSPS) is 11.7. The van der Waals surface area contributed by atoms with Gasteiger partial charge in [-0.3, -0.25) is 0 Å². The van der Waals surface area contributed by atoms with Gasteiger partial charge in [0.1, 0.15) is 0 Å². The lowest BCUT2D eigenvalue weighted by molar-refractivity contribution is 0.0212. The van der Waals surface area contributed by atoms with E-state index in [2.05, 4.69) is 38.1 Å². The van der Waals surface area contributed by atoms with Crippen molar-refractivity contribution in [2.75, 3.05) is 13.2 Å².